The lowest BCUT2D eigenvalue weighted by Crippen LogP contribution is -2.01. The fourth-order valence-electron chi connectivity index (χ4n) is 1.79. The highest BCUT2D eigenvalue weighted by atomic mass is 19.1. The van der Waals surface area contributed by atoms with Crippen molar-refractivity contribution in [3.63, 3.8) is 0 Å². The molecule has 4 heteroatoms. The van der Waals surface area contributed by atoms with E-state index in [0.29, 0.717) is 29.9 Å². The van der Waals surface area contributed by atoms with Gasteiger partial charge in [0.1, 0.15) is 6.17 Å². The van der Waals surface area contributed by atoms with Crippen LogP contribution in [0.1, 0.15) is 30.6 Å². The second kappa shape index (κ2) is 6.45. The maximum Gasteiger partial charge on any atom is 0.161 e. The van der Waals surface area contributed by atoms with Crippen molar-refractivity contribution < 1.29 is 19.0 Å². The van der Waals surface area contributed by atoms with Crippen LogP contribution >= 0.6 is 0 Å². The van der Waals surface area contributed by atoms with Crippen LogP contribution < -0.4 is 9.47 Å². The molecular formula is C13H19FO3. The average molecular weight is 242 g/mol. The van der Waals surface area contributed by atoms with Crippen molar-refractivity contribution in [1.29, 1.82) is 0 Å². The van der Waals surface area contributed by atoms with Crippen molar-refractivity contribution in [2.24, 2.45) is 0 Å². The number of rotatable bonds is 6. The molecule has 1 N–H and O–H groups in total. The average Bonchev–Trinajstić information content (AvgIpc) is 2.34. The highest BCUT2D eigenvalue weighted by Crippen LogP contribution is 2.34. The highest BCUT2D eigenvalue weighted by Gasteiger charge is 2.15. The summed E-state index contributed by atoms with van der Waals surface area (Å²) in [5.74, 6) is 1.12. The normalized spacial score (nSPS) is 12.3. The van der Waals surface area contributed by atoms with Gasteiger partial charge in [0.25, 0.3) is 0 Å². The van der Waals surface area contributed by atoms with Gasteiger partial charge in [0, 0.05) is 6.61 Å². The fraction of sp³-hybridized carbons (Fsp3) is 0.538. The van der Waals surface area contributed by atoms with Gasteiger partial charge in [-0.05, 0) is 43.0 Å². The molecule has 3 nitrogen and oxygen atoms in total. The Hall–Kier alpha value is -1.29. The maximum atomic E-state index is 13.5. The fourth-order valence-corrected chi connectivity index (χ4v) is 1.79. The molecule has 96 valence electrons. The van der Waals surface area contributed by atoms with Gasteiger partial charge in [-0.15, -0.1) is 0 Å². The van der Waals surface area contributed by atoms with Crippen LogP contribution in [0, 0.1) is 0 Å². The van der Waals surface area contributed by atoms with E-state index in [1.54, 1.807) is 19.2 Å². The van der Waals surface area contributed by atoms with Crippen LogP contribution in [0.2, 0.25) is 0 Å². The lowest BCUT2D eigenvalue weighted by molar-refractivity contribution is 0.287. The zero-order valence-electron chi connectivity index (χ0n) is 10.5. The Kier molecular flexibility index (Phi) is 5.22. The summed E-state index contributed by atoms with van der Waals surface area (Å²) < 4.78 is 23.8. The monoisotopic (exact) mass is 242 g/mol. The molecule has 0 aliphatic heterocycles. The summed E-state index contributed by atoms with van der Waals surface area (Å²) in [5, 5.41) is 8.83. The number of alkyl halides is 1. The predicted octanol–water partition coefficient (Wildman–Crippen LogP) is 2.66. The Morgan fingerprint density at radius 1 is 1.24 bits per heavy atom. The minimum atomic E-state index is -1.07. The summed E-state index contributed by atoms with van der Waals surface area (Å²) in [7, 11) is 3.07. The van der Waals surface area contributed by atoms with Gasteiger partial charge in [-0.3, -0.25) is 0 Å². The third kappa shape index (κ3) is 3.33. The molecule has 0 amide bonds. The Morgan fingerprint density at radius 3 is 2.29 bits per heavy atom. The Morgan fingerprint density at radius 2 is 1.82 bits per heavy atom. The van der Waals surface area contributed by atoms with Gasteiger partial charge in [0.05, 0.1) is 14.2 Å². The first-order chi connectivity index (χ1) is 8.13. The number of aliphatic hydroxyl groups is 1. The van der Waals surface area contributed by atoms with Gasteiger partial charge in [0.15, 0.2) is 11.5 Å². The van der Waals surface area contributed by atoms with Crippen molar-refractivity contribution in [2.75, 3.05) is 20.8 Å². The van der Waals surface area contributed by atoms with Crippen molar-refractivity contribution in [3.05, 3.63) is 23.3 Å². The summed E-state index contributed by atoms with van der Waals surface area (Å²) in [6.07, 6.45) is 0.166. The van der Waals surface area contributed by atoms with Crippen molar-refractivity contribution in [1.82, 2.24) is 0 Å². The number of methoxy groups -OCH3 is 2. The first-order valence-corrected chi connectivity index (χ1v) is 5.63. The van der Waals surface area contributed by atoms with E-state index >= 15 is 0 Å². The van der Waals surface area contributed by atoms with E-state index in [4.69, 9.17) is 14.6 Å². The Labute approximate surface area is 101 Å². The van der Waals surface area contributed by atoms with Gasteiger partial charge in [0.2, 0.25) is 0 Å². The second-order valence-corrected chi connectivity index (χ2v) is 3.85. The molecule has 1 aromatic carbocycles. The SMILES string of the molecule is COc1cc(CCCO)c(C(C)F)cc1OC. The van der Waals surface area contributed by atoms with Gasteiger partial charge in [-0.25, -0.2) is 4.39 Å². The van der Waals surface area contributed by atoms with Crippen LogP contribution in [0.25, 0.3) is 0 Å². The molecule has 0 saturated carbocycles. The largest absolute Gasteiger partial charge is 0.493 e. The maximum absolute atomic E-state index is 13.5. The summed E-state index contributed by atoms with van der Waals surface area (Å²) in [5.41, 5.74) is 1.45. The molecule has 1 atom stereocenters. The van der Waals surface area contributed by atoms with Crippen LogP contribution in [-0.4, -0.2) is 25.9 Å². The highest BCUT2D eigenvalue weighted by molar-refractivity contribution is 5.48. The van der Waals surface area contributed by atoms with Gasteiger partial charge < -0.3 is 14.6 Å². The van der Waals surface area contributed by atoms with E-state index in [2.05, 4.69) is 0 Å². The summed E-state index contributed by atoms with van der Waals surface area (Å²) in [6, 6.07) is 3.44. The van der Waals surface area contributed by atoms with Crippen molar-refractivity contribution in [3.8, 4) is 11.5 Å². The smallest absolute Gasteiger partial charge is 0.161 e. The van der Waals surface area contributed by atoms with E-state index in [9.17, 15) is 4.39 Å². The first kappa shape index (κ1) is 13.8. The predicted molar refractivity (Wildman–Crippen MR) is 64.5 cm³/mol. The molecular weight excluding hydrogens is 223 g/mol. The minimum absolute atomic E-state index is 0.0917. The number of benzene rings is 1. The van der Waals surface area contributed by atoms with Crippen LogP contribution in [0.15, 0.2) is 12.1 Å². The standard InChI is InChI=1S/C13H19FO3/c1-9(14)11-8-13(17-3)12(16-2)7-10(11)5-4-6-15/h7-9,15H,4-6H2,1-3H3. The summed E-state index contributed by atoms with van der Waals surface area (Å²) in [6.45, 7) is 1.58. The zero-order valence-corrected chi connectivity index (χ0v) is 10.5. The molecule has 0 fully saturated rings. The van der Waals surface area contributed by atoms with Crippen LogP contribution in [0.3, 0.4) is 0 Å². The van der Waals surface area contributed by atoms with Crippen LogP contribution in [-0.2, 0) is 6.42 Å². The van der Waals surface area contributed by atoms with Crippen molar-refractivity contribution >= 4 is 0 Å². The number of aryl methyl sites for hydroxylation is 1. The molecule has 17 heavy (non-hydrogen) atoms. The molecule has 1 unspecified atom stereocenters. The summed E-state index contributed by atoms with van der Waals surface area (Å²) >= 11 is 0. The van der Waals surface area contributed by atoms with Crippen LogP contribution in [0.5, 0.6) is 11.5 Å². The zero-order chi connectivity index (χ0) is 12.8. The molecule has 0 radical (unpaired) electrons. The topological polar surface area (TPSA) is 38.7 Å². The van der Waals surface area contributed by atoms with Crippen LogP contribution in [0.4, 0.5) is 4.39 Å². The molecule has 1 aromatic rings. The number of aliphatic hydroxyl groups excluding tert-OH is 1. The number of halogens is 1. The van der Waals surface area contributed by atoms with Gasteiger partial charge in [-0.1, -0.05) is 0 Å². The molecule has 0 heterocycles. The van der Waals surface area contributed by atoms with Crippen molar-refractivity contribution in [2.45, 2.75) is 25.9 Å². The number of ether oxygens (including phenoxy) is 2. The van der Waals surface area contributed by atoms with E-state index < -0.39 is 6.17 Å². The van der Waals surface area contributed by atoms with E-state index in [1.165, 1.54) is 14.0 Å². The number of hydrogen-bond acceptors (Lipinski definition) is 3. The Bertz CT molecular complexity index is 364. The third-order valence-corrected chi connectivity index (χ3v) is 2.68. The first-order valence-electron chi connectivity index (χ1n) is 5.63. The molecule has 1 rings (SSSR count). The summed E-state index contributed by atoms with van der Waals surface area (Å²) in [4.78, 5) is 0. The molecule has 0 aliphatic carbocycles. The van der Waals surface area contributed by atoms with E-state index in [0.717, 1.165) is 5.56 Å². The Balaban J connectivity index is 3.15. The second-order valence-electron chi connectivity index (χ2n) is 3.85. The lowest BCUT2D eigenvalue weighted by Gasteiger charge is -2.15. The molecule has 0 saturated heterocycles. The minimum Gasteiger partial charge on any atom is -0.493 e. The van der Waals surface area contributed by atoms with E-state index in [1.807, 2.05) is 0 Å². The van der Waals surface area contributed by atoms with Gasteiger partial charge >= 0.3 is 0 Å². The van der Waals surface area contributed by atoms with Gasteiger partial charge in [-0.2, -0.15) is 0 Å². The molecule has 0 spiro atoms. The lowest BCUT2D eigenvalue weighted by atomic mass is 9.99. The number of hydrogen-bond donors (Lipinski definition) is 1. The third-order valence-electron chi connectivity index (χ3n) is 2.68. The quantitative estimate of drug-likeness (QED) is 0.833. The molecule has 0 aromatic heterocycles. The molecule has 0 aliphatic rings. The molecule has 0 bridgehead atoms. The van der Waals surface area contributed by atoms with E-state index in [-0.39, 0.29) is 6.61 Å².